The first kappa shape index (κ1) is 33.3. The van der Waals surface area contributed by atoms with E-state index in [4.69, 9.17) is 5.11 Å². The zero-order valence-electron chi connectivity index (χ0n) is 18.2. The molecule has 0 radical (unpaired) electrons. The number of hydrogen-bond acceptors (Lipinski definition) is 3. The van der Waals surface area contributed by atoms with E-state index < -0.39 is 78.4 Å². The fourth-order valence-corrected chi connectivity index (χ4v) is 2.79. The van der Waals surface area contributed by atoms with E-state index in [-0.39, 0.29) is 13.0 Å². The van der Waals surface area contributed by atoms with Gasteiger partial charge in [-0.3, -0.25) is 4.79 Å². The predicted molar refractivity (Wildman–Crippen MR) is 96.1 cm³/mol. The molecule has 0 aliphatic rings. The van der Waals surface area contributed by atoms with Crippen molar-refractivity contribution in [2.75, 3.05) is 6.54 Å². The summed E-state index contributed by atoms with van der Waals surface area (Å²) < 4.78 is 197. The molecule has 4 nitrogen and oxygen atoms in total. The van der Waals surface area contributed by atoms with Crippen LogP contribution in [0.15, 0.2) is 18.2 Å². The summed E-state index contributed by atoms with van der Waals surface area (Å²) in [5, 5.41) is 20.5. The van der Waals surface area contributed by atoms with Gasteiger partial charge >= 0.3 is 41.7 Å². The molecule has 1 aromatic rings. The Morgan fingerprint density at radius 3 is 1.63 bits per heavy atom. The van der Waals surface area contributed by atoms with Gasteiger partial charge in [-0.2, -0.15) is 65.9 Å². The Kier molecular flexibility index (Phi) is 9.13. The Labute approximate surface area is 202 Å². The summed E-state index contributed by atoms with van der Waals surface area (Å²) in [6.07, 6.45) is -12.9. The molecule has 19 heteroatoms. The minimum atomic E-state index is -8.34. The number of rotatable bonds is 12. The number of phenols is 2. The van der Waals surface area contributed by atoms with Crippen molar-refractivity contribution in [3.05, 3.63) is 23.8 Å². The standard InChI is InChI=1S/C19H16F15NO3/c20-13(21,6-1-2-12(38)35-7-5-9-3-4-10(36)11(37)8-9)14(22,23)15(24,25)16(26,27)17(28,29)18(30,31)19(32,33)34/h3-4,8,36-37H,1-2,5-7H2,(H,35,38). The first-order valence-electron chi connectivity index (χ1n) is 9.89. The molecular formula is C19H16F15NO3. The number of amides is 1. The van der Waals surface area contributed by atoms with Crippen molar-refractivity contribution in [1.29, 1.82) is 0 Å². The number of carbonyl (C=O) groups is 1. The molecule has 0 atom stereocenters. The summed E-state index contributed by atoms with van der Waals surface area (Å²) in [7, 11) is 0. The van der Waals surface area contributed by atoms with Crippen LogP contribution < -0.4 is 5.32 Å². The average Bonchev–Trinajstić information content (AvgIpc) is 2.74. The second kappa shape index (κ2) is 10.4. The molecule has 0 aliphatic carbocycles. The Balaban J connectivity index is 2.91. The summed E-state index contributed by atoms with van der Waals surface area (Å²) in [5.41, 5.74) is 0.322. The summed E-state index contributed by atoms with van der Waals surface area (Å²) in [5.74, 6) is -49.0. The summed E-state index contributed by atoms with van der Waals surface area (Å²) >= 11 is 0. The number of hydrogen-bond donors (Lipinski definition) is 3. The van der Waals surface area contributed by atoms with Gasteiger partial charge in [-0.1, -0.05) is 6.07 Å². The lowest BCUT2D eigenvalue weighted by atomic mass is 9.89. The maximum Gasteiger partial charge on any atom is 0.460 e. The normalized spacial score (nSPS) is 14.5. The first-order valence-corrected chi connectivity index (χ1v) is 9.89. The van der Waals surface area contributed by atoms with Crippen molar-refractivity contribution in [3.63, 3.8) is 0 Å². The Morgan fingerprint density at radius 2 is 1.16 bits per heavy atom. The van der Waals surface area contributed by atoms with E-state index in [0.717, 1.165) is 12.1 Å². The van der Waals surface area contributed by atoms with E-state index in [1.54, 1.807) is 0 Å². The maximum atomic E-state index is 13.7. The highest BCUT2D eigenvalue weighted by Crippen LogP contribution is 2.62. The smallest absolute Gasteiger partial charge is 0.460 e. The van der Waals surface area contributed by atoms with E-state index in [1.807, 2.05) is 5.32 Å². The third-order valence-electron chi connectivity index (χ3n) is 5.06. The summed E-state index contributed by atoms with van der Waals surface area (Å²) in [4.78, 5) is 11.6. The molecule has 0 aromatic heterocycles. The second-order valence-electron chi connectivity index (χ2n) is 7.85. The van der Waals surface area contributed by atoms with Crippen LogP contribution in [-0.2, 0) is 11.2 Å². The highest BCUT2D eigenvalue weighted by atomic mass is 19.4. The van der Waals surface area contributed by atoms with Crippen LogP contribution in [0.3, 0.4) is 0 Å². The van der Waals surface area contributed by atoms with Gasteiger partial charge in [0.1, 0.15) is 0 Å². The lowest BCUT2D eigenvalue weighted by Crippen LogP contribution is -2.72. The van der Waals surface area contributed by atoms with Crippen LogP contribution in [0, 0.1) is 0 Å². The van der Waals surface area contributed by atoms with Crippen LogP contribution in [0.4, 0.5) is 65.9 Å². The van der Waals surface area contributed by atoms with E-state index in [2.05, 4.69) is 0 Å². The molecule has 3 N–H and O–H groups in total. The molecule has 1 aromatic carbocycles. The Morgan fingerprint density at radius 1 is 0.684 bits per heavy atom. The molecule has 1 amide bonds. The first-order chi connectivity index (χ1) is 16.8. The van der Waals surface area contributed by atoms with Gasteiger partial charge in [0.2, 0.25) is 5.91 Å². The highest BCUT2D eigenvalue weighted by molar-refractivity contribution is 5.75. The third kappa shape index (κ3) is 5.79. The van der Waals surface area contributed by atoms with E-state index >= 15 is 0 Å². The van der Waals surface area contributed by atoms with Crippen LogP contribution in [0.2, 0.25) is 0 Å². The second-order valence-corrected chi connectivity index (χ2v) is 7.85. The van der Waals surface area contributed by atoms with Crippen LogP contribution in [0.5, 0.6) is 11.5 Å². The van der Waals surface area contributed by atoms with Gasteiger partial charge in [0, 0.05) is 19.4 Å². The molecule has 220 valence electrons. The molecule has 0 fully saturated rings. The van der Waals surface area contributed by atoms with Gasteiger partial charge in [-0.05, 0) is 30.5 Å². The van der Waals surface area contributed by atoms with Crippen LogP contribution in [0.1, 0.15) is 24.8 Å². The molecule has 0 unspecified atom stereocenters. The lowest BCUT2D eigenvalue weighted by Gasteiger charge is -2.41. The van der Waals surface area contributed by atoms with Gasteiger partial charge in [-0.25, -0.2) is 0 Å². The van der Waals surface area contributed by atoms with Crippen molar-refractivity contribution < 1.29 is 80.9 Å². The van der Waals surface area contributed by atoms with Gasteiger partial charge in [0.25, 0.3) is 0 Å². The Bertz CT molecular complexity index is 992. The SMILES string of the molecule is O=C(CCCC(F)(F)C(F)(F)C(F)(F)C(F)(F)C(F)(F)C(F)(F)C(F)(F)F)NCCc1ccc(O)c(O)c1. The predicted octanol–water partition coefficient (Wildman–Crippen LogP) is 6.30. The van der Waals surface area contributed by atoms with Crippen LogP contribution >= 0.6 is 0 Å². The molecular weight excluding hydrogens is 575 g/mol. The average molecular weight is 591 g/mol. The topological polar surface area (TPSA) is 69.6 Å². The summed E-state index contributed by atoms with van der Waals surface area (Å²) in [6.45, 7) is -0.289. The molecule has 38 heavy (non-hydrogen) atoms. The fraction of sp³-hybridized carbons (Fsp3) is 0.632. The largest absolute Gasteiger partial charge is 0.504 e. The summed E-state index contributed by atoms with van der Waals surface area (Å²) in [6, 6.07) is 3.41. The zero-order valence-corrected chi connectivity index (χ0v) is 18.2. The minimum Gasteiger partial charge on any atom is -0.504 e. The lowest BCUT2D eigenvalue weighted by molar-refractivity contribution is -0.452. The number of alkyl halides is 15. The molecule has 0 spiro atoms. The van der Waals surface area contributed by atoms with Crippen molar-refractivity contribution in [2.24, 2.45) is 0 Å². The maximum absolute atomic E-state index is 13.7. The monoisotopic (exact) mass is 591 g/mol. The number of benzene rings is 1. The van der Waals surface area contributed by atoms with Crippen LogP contribution in [-0.4, -0.2) is 64.4 Å². The van der Waals surface area contributed by atoms with Gasteiger partial charge in [0.15, 0.2) is 11.5 Å². The fourth-order valence-electron chi connectivity index (χ4n) is 2.79. The van der Waals surface area contributed by atoms with Crippen molar-refractivity contribution in [1.82, 2.24) is 5.32 Å². The number of aromatic hydroxyl groups is 2. The van der Waals surface area contributed by atoms with E-state index in [1.165, 1.54) is 6.07 Å². The quantitative estimate of drug-likeness (QED) is 0.198. The van der Waals surface area contributed by atoms with Crippen molar-refractivity contribution >= 4 is 5.91 Å². The van der Waals surface area contributed by atoms with Crippen molar-refractivity contribution in [3.8, 4) is 11.5 Å². The van der Waals surface area contributed by atoms with Gasteiger partial charge in [0.05, 0.1) is 0 Å². The number of nitrogens with one attached hydrogen (secondary N) is 1. The zero-order chi connectivity index (χ0) is 30.2. The molecule has 0 heterocycles. The molecule has 1 rings (SSSR count). The number of carbonyl (C=O) groups excluding carboxylic acids is 1. The van der Waals surface area contributed by atoms with Gasteiger partial charge < -0.3 is 15.5 Å². The van der Waals surface area contributed by atoms with Gasteiger partial charge in [-0.15, -0.1) is 0 Å². The van der Waals surface area contributed by atoms with E-state index in [9.17, 15) is 75.8 Å². The third-order valence-corrected chi connectivity index (χ3v) is 5.06. The molecule has 0 saturated heterocycles. The molecule has 0 aliphatic heterocycles. The molecule has 0 bridgehead atoms. The highest BCUT2D eigenvalue weighted by Gasteiger charge is 2.93. The number of halogens is 15. The van der Waals surface area contributed by atoms with Crippen LogP contribution in [0.25, 0.3) is 0 Å². The van der Waals surface area contributed by atoms with Crippen molar-refractivity contribution in [2.45, 2.75) is 67.4 Å². The minimum absolute atomic E-state index is 0.0497. The molecule has 0 saturated carbocycles. The number of phenolic OH excluding ortho intramolecular Hbond substituents is 2. The van der Waals surface area contributed by atoms with E-state index in [0.29, 0.717) is 5.56 Å². The Hall–Kier alpha value is -2.76.